The number of aromatic nitrogens is 1. The van der Waals surface area contributed by atoms with Crippen LogP contribution in [0.15, 0.2) is 34.3 Å². The van der Waals surface area contributed by atoms with E-state index >= 15 is 0 Å². The topological polar surface area (TPSA) is 113 Å². The fraction of sp³-hybridized carbons (Fsp3) is 0.440. The number of hydrogen-bond acceptors (Lipinski definition) is 6. The molecular formula is C25H27FN4O5. The molecule has 184 valence electrons. The van der Waals surface area contributed by atoms with E-state index in [0.717, 1.165) is 11.3 Å². The van der Waals surface area contributed by atoms with Crippen LogP contribution in [0.5, 0.6) is 5.75 Å². The number of pyridine rings is 1. The maximum Gasteiger partial charge on any atom is 0.274 e. The molecule has 0 unspecified atom stereocenters. The Hall–Kier alpha value is -3.69. The minimum Gasteiger partial charge on any atom is -0.503 e. The fourth-order valence-electron chi connectivity index (χ4n) is 5.35. The minimum absolute atomic E-state index is 0.121. The Morgan fingerprint density at radius 3 is 2.80 bits per heavy atom. The summed E-state index contributed by atoms with van der Waals surface area (Å²) in [4.78, 5) is 46.8. The van der Waals surface area contributed by atoms with Gasteiger partial charge in [-0.25, -0.2) is 4.39 Å². The summed E-state index contributed by atoms with van der Waals surface area (Å²) in [7, 11) is 0. The van der Waals surface area contributed by atoms with Gasteiger partial charge in [0.25, 0.3) is 11.8 Å². The first-order valence-corrected chi connectivity index (χ1v) is 11.7. The number of nitrogens with one attached hydrogen (secondary N) is 1. The second-order valence-electron chi connectivity index (χ2n) is 9.77. The normalized spacial score (nSPS) is 25.1. The number of aromatic hydroxyl groups is 1. The molecule has 1 spiro atoms. The lowest BCUT2D eigenvalue weighted by molar-refractivity contribution is -0.0655. The summed E-state index contributed by atoms with van der Waals surface area (Å²) >= 11 is 0. The van der Waals surface area contributed by atoms with Crippen LogP contribution in [-0.2, 0) is 11.4 Å². The Morgan fingerprint density at radius 2 is 2.11 bits per heavy atom. The molecule has 3 aliphatic rings. The number of oxime groups is 1. The van der Waals surface area contributed by atoms with Crippen molar-refractivity contribution in [2.45, 2.75) is 64.3 Å². The van der Waals surface area contributed by atoms with E-state index in [-0.39, 0.29) is 29.4 Å². The third-order valence-electron chi connectivity index (χ3n) is 7.33. The first-order chi connectivity index (χ1) is 16.6. The van der Waals surface area contributed by atoms with E-state index in [9.17, 15) is 23.9 Å². The molecule has 2 aromatic rings. The molecule has 3 atom stereocenters. The molecule has 2 N–H and O–H groups in total. The second-order valence-corrected chi connectivity index (χ2v) is 9.77. The van der Waals surface area contributed by atoms with Gasteiger partial charge in [0.05, 0.1) is 11.8 Å². The average molecular weight is 483 g/mol. The average Bonchev–Trinajstić information content (AvgIpc) is 3.14. The van der Waals surface area contributed by atoms with Crippen molar-refractivity contribution in [3.8, 4) is 5.75 Å². The van der Waals surface area contributed by atoms with Gasteiger partial charge >= 0.3 is 0 Å². The fourth-order valence-corrected chi connectivity index (χ4v) is 5.35. The SMILES string of the molecule is CC1=NO[C@@]2(CC[C@H](C)N3C[C@H]2n2cc(C(=O)NCc4ccc(C)cc4F)c(=O)c(O)c2C3=O)C1. The van der Waals surface area contributed by atoms with Gasteiger partial charge < -0.3 is 24.7 Å². The number of amides is 2. The largest absolute Gasteiger partial charge is 0.503 e. The smallest absolute Gasteiger partial charge is 0.274 e. The molecule has 2 amide bonds. The number of rotatable bonds is 3. The first kappa shape index (κ1) is 23.1. The van der Waals surface area contributed by atoms with Crippen molar-refractivity contribution in [1.29, 1.82) is 0 Å². The van der Waals surface area contributed by atoms with E-state index in [1.54, 1.807) is 24.0 Å². The van der Waals surface area contributed by atoms with Crippen LogP contribution in [0.25, 0.3) is 0 Å². The molecule has 35 heavy (non-hydrogen) atoms. The zero-order valence-electron chi connectivity index (χ0n) is 19.8. The number of fused-ring (bicyclic) bond motifs is 5. The van der Waals surface area contributed by atoms with E-state index < -0.39 is 40.5 Å². The zero-order valence-corrected chi connectivity index (χ0v) is 19.8. The van der Waals surface area contributed by atoms with Crippen LogP contribution < -0.4 is 10.7 Å². The van der Waals surface area contributed by atoms with Crippen LogP contribution in [0.4, 0.5) is 4.39 Å². The van der Waals surface area contributed by atoms with Crippen molar-refractivity contribution in [2.75, 3.05) is 6.54 Å². The van der Waals surface area contributed by atoms with Crippen molar-refractivity contribution in [1.82, 2.24) is 14.8 Å². The van der Waals surface area contributed by atoms with Gasteiger partial charge in [-0.3, -0.25) is 14.4 Å². The summed E-state index contributed by atoms with van der Waals surface area (Å²) < 4.78 is 15.7. The Kier molecular flexibility index (Phi) is 5.41. The number of aryl methyl sites for hydroxylation is 1. The molecule has 2 bridgehead atoms. The maximum absolute atomic E-state index is 14.2. The predicted octanol–water partition coefficient (Wildman–Crippen LogP) is 2.65. The van der Waals surface area contributed by atoms with Crippen LogP contribution in [0, 0.1) is 12.7 Å². The van der Waals surface area contributed by atoms with Gasteiger partial charge in [0, 0.05) is 37.3 Å². The van der Waals surface area contributed by atoms with Crippen LogP contribution >= 0.6 is 0 Å². The molecule has 1 aromatic carbocycles. The predicted molar refractivity (Wildman–Crippen MR) is 125 cm³/mol. The van der Waals surface area contributed by atoms with Crippen LogP contribution in [0.3, 0.4) is 0 Å². The van der Waals surface area contributed by atoms with Crippen molar-refractivity contribution in [3.63, 3.8) is 0 Å². The standard InChI is InChI=1S/C25H27FN4O5/c1-13-4-5-16(18(26)8-13)10-27-23(33)17-11-30-19-12-29(24(34)20(30)22(32)21(17)31)15(3)6-7-25(19)9-14(2)28-35-25/h4-5,8,11,15,19,32H,6-7,9-10,12H2,1-3H3,(H,27,33)/t15-,19+,25-/m0/s1. The van der Waals surface area contributed by atoms with Crippen molar-refractivity contribution >= 4 is 17.5 Å². The summed E-state index contributed by atoms with van der Waals surface area (Å²) in [6.07, 6.45) is 3.13. The molecule has 0 radical (unpaired) electrons. The monoisotopic (exact) mass is 482 g/mol. The molecular weight excluding hydrogens is 455 g/mol. The summed E-state index contributed by atoms with van der Waals surface area (Å²) in [5, 5.41) is 17.5. The number of nitrogens with zero attached hydrogens (tertiary/aromatic N) is 3. The number of benzene rings is 1. The molecule has 9 nitrogen and oxygen atoms in total. The van der Waals surface area contributed by atoms with E-state index in [4.69, 9.17) is 4.84 Å². The van der Waals surface area contributed by atoms with Gasteiger partial charge in [-0.1, -0.05) is 17.3 Å². The lowest BCUT2D eigenvalue weighted by atomic mass is 9.84. The van der Waals surface area contributed by atoms with E-state index in [0.29, 0.717) is 25.8 Å². The van der Waals surface area contributed by atoms with Gasteiger partial charge in [-0.2, -0.15) is 0 Å². The Morgan fingerprint density at radius 1 is 1.34 bits per heavy atom. The number of carbonyl (C=O) groups excluding carboxylic acids is 2. The Labute approximate surface area is 201 Å². The lowest BCUT2D eigenvalue weighted by Gasteiger charge is -2.41. The number of carbonyl (C=O) groups is 2. The van der Waals surface area contributed by atoms with Gasteiger partial charge in [-0.15, -0.1) is 0 Å². The molecule has 0 saturated carbocycles. The maximum atomic E-state index is 14.2. The molecule has 5 rings (SSSR count). The molecule has 3 aliphatic heterocycles. The Bertz CT molecular complexity index is 1340. The highest BCUT2D eigenvalue weighted by Crippen LogP contribution is 2.46. The van der Waals surface area contributed by atoms with Gasteiger partial charge in [0.1, 0.15) is 11.4 Å². The van der Waals surface area contributed by atoms with Crippen molar-refractivity contribution in [3.05, 3.63) is 62.8 Å². The van der Waals surface area contributed by atoms with Crippen molar-refractivity contribution in [2.24, 2.45) is 5.16 Å². The minimum atomic E-state index is -0.951. The molecule has 0 aliphatic carbocycles. The molecule has 10 heteroatoms. The van der Waals surface area contributed by atoms with Crippen LogP contribution in [0.1, 0.15) is 71.1 Å². The van der Waals surface area contributed by atoms with Gasteiger partial charge in [0.15, 0.2) is 17.0 Å². The first-order valence-electron chi connectivity index (χ1n) is 11.7. The summed E-state index contributed by atoms with van der Waals surface area (Å²) in [6.45, 7) is 5.70. The highest BCUT2D eigenvalue weighted by molar-refractivity contribution is 5.99. The Balaban J connectivity index is 1.55. The van der Waals surface area contributed by atoms with Gasteiger partial charge in [0.2, 0.25) is 5.43 Å². The van der Waals surface area contributed by atoms with Gasteiger partial charge in [-0.05, 0) is 45.2 Å². The van der Waals surface area contributed by atoms with Crippen molar-refractivity contribution < 1.29 is 23.9 Å². The summed E-state index contributed by atoms with van der Waals surface area (Å²) in [5.74, 6) is -2.49. The van der Waals surface area contributed by atoms with E-state index in [1.165, 1.54) is 16.8 Å². The molecule has 4 heterocycles. The number of hydrogen-bond donors (Lipinski definition) is 2. The molecule has 1 fully saturated rings. The lowest BCUT2D eigenvalue weighted by Crippen LogP contribution is -2.52. The zero-order chi connectivity index (χ0) is 25.1. The molecule has 1 saturated heterocycles. The van der Waals surface area contributed by atoms with Crippen LogP contribution in [-0.4, -0.2) is 50.3 Å². The third kappa shape index (κ3) is 3.67. The second kappa shape index (κ2) is 8.21. The quantitative estimate of drug-likeness (QED) is 0.698. The third-order valence-corrected chi connectivity index (χ3v) is 7.33. The van der Waals surface area contributed by atoms with Crippen LogP contribution in [0.2, 0.25) is 0 Å². The molecule has 1 aromatic heterocycles. The number of halogens is 1. The highest BCUT2D eigenvalue weighted by atomic mass is 19.1. The summed E-state index contributed by atoms with van der Waals surface area (Å²) in [6, 6.07) is 4.06. The van der Waals surface area contributed by atoms with E-state index in [1.807, 2.05) is 13.8 Å². The summed E-state index contributed by atoms with van der Waals surface area (Å²) in [5.41, 5.74) is -0.379. The van der Waals surface area contributed by atoms with E-state index in [2.05, 4.69) is 10.5 Å². The highest BCUT2D eigenvalue weighted by Gasteiger charge is 2.53.